The first-order chi connectivity index (χ1) is 17.8. The van der Waals surface area contributed by atoms with Crippen LogP contribution in [0.3, 0.4) is 0 Å². The maximum Gasteiger partial charge on any atom is 0.267 e. The number of nitrogens with zero attached hydrogens (tertiary/aromatic N) is 7. The highest BCUT2D eigenvalue weighted by Gasteiger charge is 2.15. The molecule has 0 atom stereocenters. The molecule has 6 rings (SSSR count). The third kappa shape index (κ3) is 3.93. The molecular formula is C27H18N8O. The Morgan fingerprint density at radius 3 is 2.53 bits per heavy atom. The van der Waals surface area contributed by atoms with Gasteiger partial charge in [-0.05, 0) is 35.5 Å². The maximum absolute atomic E-state index is 12.6. The lowest BCUT2D eigenvalue weighted by Crippen LogP contribution is -2.23. The Morgan fingerprint density at radius 1 is 0.861 bits per heavy atom. The molecular weight excluding hydrogens is 452 g/mol. The Balaban J connectivity index is 1.40. The second-order valence-corrected chi connectivity index (χ2v) is 7.90. The summed E-state index contributed by atoms with van der Waals surface area (Å²) in [5, 5.41) is 18.8. The molecule has 9 nitrogen and oxygen atoms in total. The lowest BCUT2D eigenvalue weighted by atomic mass is 10.1. The van der Waals surface area contributed by atoms with Crippen molar-refractivity contribution in [3.05, 3.63) is 107 Å². The van der Waals surface area contributed by atoms with E-state index in [9.17, 15) is 4.79 Å². The maximum atomic E-state index is 12.6. The van der Waals surface area contributed by atoms with Crippen molar-refractivity contribution in [3.63, 3.8) is 0 Å². The highest BCUT2D eigenvalue weighted by molar-refractivity contribution is 5.82. The molecule has 0 spiro atoms. The summed E-state index contributed by atoms with van der Waals surface area (Å²) < 4.78 is 3.31. The van der Waals surface area contributed by atoms with Gasteiger partial charge in [-0.15, -0.1) is 10.2 Å². The molecule has 0 fully saturated rings. The van der Waals surface area contributed by atoms with Crippen LogP contribution in [0.25, 0.3) is 39.6 Å². The van der Waals surface area contributed by atoms with Gasteiger partial charge in [-0.2, -0.15) is 10.3 Å². The molecule has 0 aliphatic carbocycles. The van der Waals surface area contributed by atoms with Crippen LogP contribution in [0.1, 0.15) is 5.56 Å². The van der Waals surface area contributed by atoms with Crippen molar-refractivity contribution >= 4 is 11.0 Å². The average molecular weight is 470 g/mol. The minimum Gasteiger partial charge on any atom is -0.275 e. The number of para-hydroxylation sites is 2. The van der Waals surface area contributed by atoms with E-state index < -0.39 is 0 Å². The normalized spacial score (nSPS) is 10.8. The molecule has 3 aromatic heterocycles. The fraction of sp³-hybridized carbons (Fsp3) is 0.0370. The number of tetrazole rings is 1. The lowest BCUT2D eigenvalue weighted by Gasteiger charge is -2.10. The van der Waals surface area contributed by atoms with Gasteiger partial charge in [-0.3, -0.25) is 9.36 Å². The van der Waals surface area contributed by atoms with Crippen LogP contribution >= 0.6 is 0 Å². The second-order valence-electron chi connectivity index (χ2n) is 7.90. The van der Waals surface area contributed by atoms with Crippen LogP contribution in [0.15, 0.2) is 95.8 Å². The molecule has 3 aromatic carbocycles. The first kappa shape index (κ1) is 21.2. The molecule has 0 bridgehead atoms. The molecule has 1 N–H and O–H groups in total. The van der Waals surface area contributed by atoms with Gasteiger partial charge < -0.3 is 0 Å². The van der Waals surface area contributed by atoms with Gasteiger partial charge in [0.05, 0.1) is 11.0 Å². The molecule has 0 aliphatic rings. The quantitative estimate of drug-likeness (QED) is 0.395. The molecule has 0 radical (unpaired) electrons. The fourth-order valence-corrected chi connectivity index (χ4v) is 3.98. The van der Waals surface area contributed by atoms with Gasteiger partial charge in [-0.25, -0.2) is 9.67 Å². The minimum atomic E-state index is -0.245. The number of nitrogens with one attached hydrogen (secondary N) is 1. The Bertz CT molecular complexity index is 1790. The summed E-state index contributed by atoms with van der Waals surface area (Å²) in [5.74, 6) is 7.95. The highest BCUT2D eigenvalue weighted by atomic mass is 16.1. The van der Waals surface area contributed by atoms with Gasteiger partial charge in [0.15, 0.2) is 5.82 Å². The summed E-state index contributed by atoms with van der Waals surface area (Å²) in [4.78, 5) is 17.5. The Kier molecular flexibility index (Phi) is 5.37. The van der Waals surface area contributed by atoms with Gasteiger partial charge >= 0.3 is 0 Å². The summed E-state index contributed by atoms with van der Waals surface area (Å²) in [7, 11) is 0. The Labute approximate surface area is 205 Å². The van der Waals surface area contributed by atoms with E-state index in [1.165, 1.54) is 10.7 Å². The lowest BCUT2D eigenvalue weighted by molar-refractivity contribution is 0.651. The van der Waals surface area contributed by atoms with E-state index in [-0.39, 0.29) is 12.1 Å². The van der Waals surface area contributed by atoms with Gasteiger partial charge in [0.25, 0.3) is 5.56 Å². The number of fused-ring (bicyclic) bond motifs is 1. The van der Waals surface area contributed by atoms with E-state index >= 15 is 0 Å². The zero-order valence-electron chi connectivity index (χ0n) is 18.9. The fourth-order valence-electron chi connectivity index (χ4n) is 3.98. The SMILES string of the molecule is O=c1ccc(-n2c(-c3ccccc3)nc3ccccc32)nn1CC#Cc1ccccc1-c1nn[nH]n1. The zero-order chi connectivity index (χ0) is 24.3. The third-order valence-electron chi connectivity index (χ3n) is 5.64. The first-order valence-electron chi connectivity index (χ1n) is 11.2. The molecule has 0 amide bonds. The second kappa shape index (κ2) is 9.12. The number of hydrogen-bond donors (Lipinski definition) is 1. The van der Waals surface area contributed by atoms with Crippen LogP contribution in [0.4, 0.5) is 0 Å². The number of benzene rings is 3. The smallest absolute Gasteiger partial charge is 0.267 e. The van der Waals surface area contributed by atoms with Gasteiger partial charge in [0.1, 0.15) is 12.4 Å². The van der Waals surface area contributed by atoms with Crippen molar-refractivity contribution in [2.24, 2.45) is 0 Å². The van der Waals surface area contributed by atoms with E-state index in [2.05, 4.69) is 37.6 Å². The van der Waals surface area contributed by atoms with E-state index in [0.717, 1.165) is 33.5 Å². The van der Waals surface area contributed by atoms with Crippen LogP contribution in [-0.4, -0.2) is 40.0 Å². The topological polar surface area (TPSA) is 107 Å². The largest absolute Gasteiger partial charge is 0.275 e. The molecule has 3 heterocycles. The summed E-state index contributed by atoms with van der Waals surface area (Å²) in [5.41, 5.74) is 3.93. The van der Waals surface area contributed by atoms with Gasteiger partial charge in [0.2, 0.25) is 5.82 Å². The molecule has 0 saturated heterocycles. The van der Waals surface area contributed by atoms with E-state index in [1.807, 2.05) is 83.4 Å². The monoisotopic (exact) mass is 470 g/mol. The summed E-state index contributed by atoms with van der Waals surface area (Å²) >= 11 is 0. The van der Waals surface area contributed by atoms with Crippen molar-refractivity contribution in [2.75, 3.05) is 0 Å². The number of aromatic nitrogens is 8. The number of rotatable bonds is 4. The predicted octanol–water partition coefficient (Wildman–Crippen LogP) is 3.48. The molecule has 9 heteroatoms. The number of aromatic amines is 1. The van der Waals surface area contributed by atoms with Crippen molar-refractivity contribution in [3.8, 4) is 40.4 Å². The molecule has 36 heavy (non-hydrogen) atoms. The van der Waals surface area contributed by atoms with Crippen LogP contribution in [0.2, 0.25) is 0 Å². The summed E-state index contributed by atoms with van der Waals surface area (Å²) in [6.07, 6.45) is 0. The first-order valence-corrected chi connectivity index (χ1v) is 11.2. The predicted molar refractivity (Wildman–Crippen MR) is 135 cm³/mol. The molecule has 6 aromatic rings. The van der Waals surface area contributed by atoms with Gasteiger partial charge in [-0.1, -0.05) is 66.4 Å². The molecule has 0 saturated carbocycles. The van der Waals surface area contributed by atoms with E-state index in [1.54, 1.807) is 6.07 Å². The van der Waals surface area contributed by atoms with Crippen molar-refractivity contribution in [1.29, 1.82) is 0 Å². The molecule has 0 unspecified atom stereocenters. The highest BCUT2D eigenvalue weighted by Crippen LogP contribution is 2.27. The van der Waals surface area contributed by atoms with Crippen LogP contribution in [0, 0.1) is 11.8 Å². The molecule has 0 aliphatic heterocycles. The molecule has 172 valence electrons. The summed E-state index contributed by atoms with van der Waals surface area (Å²) in [6, 6.07) is 28.5. The standard InChI is InChI=1S/C27H18N8O/c36-25-17-16-24(35-23-15-7-6-14-22(23)28-27(35)20-10-2-1-3-11-20)31-34(25)18-8-12-19-9-4-5-13-21(19)26-29-32-33-30-26/h1-7,9-11,13-17H,18H2,(H,29,30,32,33). The van der Waals surface area contributed by atoms with E-state index in [0.29, 0.717) is 11.6 Å². The van der Waals surface area contributed by atoms with E-state index in [4.69, 9.17) is 4.98 Å². The third-order valence-corrected chi connectivity index (χ3v) is 5.64. The van der Waals surface area contributed by atoms with Crippen LogP contribution < -0.4 is 5.56 Å². The van der Waals surface area contributed by atoms with Crippen molar-refractivity contribution in [1.82, 2.24) is 40.0 Å². The number of hydrogen-bond acceptors (Lipinski definition) is 6. The van der Waals surface area contributed by atoms with Crippen LogP contribution in [-0.2, 0) is 6.54 Å². The number of H-pyrrole nitrogens is 1. The van der Waals surface area contributed by atoms with Crippen molar-refractivity contribution in [2.45, 2.75) is 6.54 Å². The average Bonchev–Trinajstić information content (AvgIpc) is 3.59. The minimum absolute atomic E-state index is 0.112. The number of imidazole rings is 1. The zero-order valence-corrected chi connectivity index (χ0v) is 18.9. The summed E-state index contributed by atoms with van der Waals surface area (Å²) in [6.45, 7) is 0.112. The Hall–Kier alpha value is -5.36. The van der Waals surface area contributed by atoms with Crippen LogP contribution in [0.5, 0.6) is 0 Å². The van der Waals surface area contributed by atoms with Gasteiger partial charge in [0, 0.05) is 22.8 Å². The van der Waals surface area contributed by atoms with Crippen molar-refractivity contribution < 1.29 is 0 Å². The Morgan fingerprint density at radius 2 is 1.67 bits per heavy atom.